The van der Waals surface area contributed by atoms with E-state index in [4.69, 9.17) is 4.74 Å². The summed E-state index contributed by atoms with van der Waals surface area (Å²) in [7, 11) is 0. The molecule has 1 amide bonds. The molecule has 0 atom stereocenters. The Hall–Kier alpha value is -3.59. The minimum atomic E-state index is -0.114. The van der Waals surface area contributed by atoms with E-state index >= 15 is 0 Å². The van der Waals surface area contributed by atoms with Crippen LogP contribution in [-0.4, -0.2) is 31.1 Å². The van der Waals surface area contributed by atoms with E-state index in [9.17, 15) is 4.79 Å². The number of benzene rings is 2. The predicted molar refractivity (Wildman–Crippen MR) is 121 cm³/mol. The van der Waals surface area contributed by atoms with Crippen LogP contribution in [0, 0.1) is 6.92 Å². The third-order valence-corrected chi connectivity index (χ3v) is 6.01. The van der Waals surface area contributed by atoms with Crippen LogP contribution in [-0.2, 0) is 17.8 Å². The second kappa shape index (κ2) is 8.88. The van der Waals surface area contributed by atoms with Gasteiger partial charge in [0.25, 0.3) is 0 Å². The third-order valence-electron chi connectivity index (χ3n) is 5.14. The Morgan fingerprint density at radius 1 is 1.16 bits per heavy atom. The second-order valence-electron chi connectivity index (χ2n) is 7.81. The number of aromatic nitrogens is 5. The molecule has 1 aliphatic rings. The van der Waals surface area contributed by atoms with Crippen LogP contribution in [0.1, 0.15) is 35.1 Å². The molecule has 0 spiro atoms. The van der Waals surface area contributed by atoms with E-state index in [2.05, 4.69) is 25.8 Å². The third kappa shape index (κ3) is 4.83. The summed E-state index contributed by atoms with van der Waals surface area (Å²) in [5, 5.41) is 17.7. The summed E-state index contributed by atoms with van der Waals surface area (Å²) in [5.41, 5.74) is 3.57. The summed E-state index contributed by atoms with van der Waals surface area (Å²) in [6.07, 6.45) is 2.44. The van der Waals surface area contributed by atoms with Crippen molar-refractivity contribution in [3.8, 4) is 17.1 Å². The molecule has 0 saturated heterocycles. The number of nitrogens with zero attached hydrogens (tertiary/aromatic N) is 5. The number of thiazole rings is 1. The molecule has 5 rings (SSSR count). The number of rotatable bonds is 8. The van der Waals surface area contributed by atoms with Crippen LogP contribution in [0.15, 0.2) is 53.9 Å². The Balaban J connectivity index is 1.14. The number of anilines is 1. The zero-order chi connectivity index (χ0) is 21.9. The van der Waals surface area contributed by atoms with Crippen LogP contribution < -0.4 is 10.1 Å². The molecule has 0 aliphatic heterocycles. The van der Waals surface area contributed by atoms with Gasteiger partial charge in [-0.3, -0.25) is 4.79 Å². The van der Waals surface area contributed by atoms with Crippen LogP contribution in [0.5, 0.6) is 5.75 Å². The van der Waals surface area contributed by atoms with E-state index in [0.717, 1.165) is 46.4 Å². The van der Waals surface area contributed by atoms with E-state index in [1.54, 1.807) is 0 Å². The normalized spacial score (nSPS) is 13.2. The zero-order valence-corrected chi connectivity index (χ0v) is 18.4. The maximum atomic E-state index is 12.5. The van der Waals surface area contributed by atoms with Crippen molar-refractivity contribution in [2.75, 3.05) is 5.32 Å². The van der Waals surface area contributed by atoms with Gasteiger partial charge in [-0.2, -0.15) is 0 Å². The van der Waals surface area contributed by atoms with Crippen molar-refractivity contribution in [2.24, 2.45) is 0 Å². The van der Waals surface area contributed by atoms with Gasteiger partial charge in [0.15, 0.2) is 5.82 Å². The molecule has 8 nitrogen and oxygen atoms in total. The SMILES string of the molecule is Cc1ccc(OCc2nc(CC(=O)Nc3ccc(-c4nnnn4C4CC4)cc3)cs2)cc1. The Morgan fingerprint density at radius 3 is 2.69 bits per heavy atom. The van der Waals surface area contributed by atoms with Gasteiger partial charge in [-0.25, -0.2) is 9.67 Å². The summed E-state index contributed by atoms with van der Waals surface area (Å²) < 4.78 is 7.63. The number of carbonyl (C=O) groups excluding carboxylic acids is 1. The predicted octanol–water partition coefficient (Wildman–Crippen LogP) is 4.20. The average molecular weight is 447 g/mol. The first-order chi connectivity index (χ1) is 15.6. The van der Waals surface area contributed by atoms with Crippen molar-refractivity contribution in [3.05, 3.63) is 70.2 Å². The smallest absolute Gasteiger partial charge is 0.230 e. The molecular formula is C23H22N6O2S. The van der Waals surface area contributed by atoms with Crippen LogP contribution >= 0.6 is 11.3 Å². The topological polar surface area (TPSA) is 94.8 Å². The van der Waals surface area contributed by atoms with Crippen LogP contribution in [0.2, 0.25) is 0 Å². The molecule has 0 radical (unpaired) electrons. The lowest BCUT2D eigenvalue weighted by molar-refractivity contribution is -0.115. The van der Waals surface area contributed by atoms with Crippen molar-refractivity contribution in [1.29, 1.82) is 0 Å². The summed E-state index contributed by atoms with van der Waals surface area (Å²) >= 11 is 1.49. The fourth-order valence-electron chi connectivity index (χ4n) is 3.30. The second-order valence-corrected chi connectivity index (χ2v) is 8.76. The van der Waals surface area contributed by atoms with Crippen LogP contribution in [0.25, 0.3) is 11.4 Å². The van der Waals surface area contributed by atoms with Crippen LogP contribution in [0.4, 0.5) is 5.69 Å². The monoisotopic (exact) mass is 446 g/mol. The molecule has 1 aliphatic carbocycles. The molecule has 1 fully saturated rings. The number of tetrazole rings is 1. The maximum absolute atomic E-state index is 12.5. The van der Waals surface area contributed by atoms with Gasteiger partial charge in [-0.15, -0.1) is 16.4 Å². The van der Waals surface area contributed by atoms with Gasteiger partial charge in [0.1, 0.15) is 17.4 Å². The summed E-state index contributed by atoms with van der Waals surface area (Å²) in [6, 6.07) is 15.9. The highest BCUT2D eigenvalue weighted by molar-refractivity contribution is 7.09. The number of amides is 1. The van der Waals surface area contributed by atoms with Crippen LogP contribution in [0.3, 0.4) is 0 Å². The van der Waals surface area contributed by atoms with Crippen molar-refractivity contribution in [1.82, 2.24) is 25.2 Å². The fourth-order valence-corrected chi connectivity index (χ4v) is 4.00. The highest BCUT2D eigenvalue weighted by Crippen LogP contribution is 2.36. The largest absolute Gasteiger partial charge is 0.486 e. The Labute approximate surface area is 189 Å². The summed E-state index contributed by atoms with van der Waals surface area (Å²) in [6.45, 7) is 2.42. The molecule has 2 aromatic carbocycles. The van der Waals surface area contributed by atoms with Crippen molar-refractivity contribution >= 4 is 22.9 Å². The molecule has 1 N–H and O–H groups in total. The average Bonchev–Trinajstić information content (AvgIpc) is 3.35. The molecule has 2 heterocycles. The number of hydrogen-bond acceptors (Lipinski definition) is 7. The van der Waals surface area contributed by atoms with E-state index < -0.39 is 0 Å². The van der Waals surface area contributed by atoms with E-state index in [1.807, 2.05) is 65.5 Å². The first-order valence-electron chi connectivity index (χ1n) is 10.4. The van der Waals surface area contributed by atoms with Crippen molar-refractivity contribution < 1.29 is 9.53 Å². The number of carbonyl (C=O) groups is 1. The molecule has 0 bridgehead atoms. The van der Waals surface area contributed by atoms with E-state index in [0.29, 0.717) is 12.6 Å². The number of nitrogens with one attached hydrogen (secondary N) is 1. The number of hydrogen-bond donors (Lipinski definition) is 1. The lowest BCUT2D eigenvalue weighted by Gasteiger charge is -2.06. The lowest BCUT2D eigenvalue weighted by atomic mass is 10.2. The molecule has 0 unspecified atom stereocenters. The Bertz CT molecular complexity index is 1210. The molecule has 1 saturated carbocycles. The van der Waals surface area contributed by atoms with Gasteiger partial charge < -0.3 is 10.1 Å². The van der Waals surface area contributed by atoms with E-state index in [1.165, 1.54) is 16.9 Å². The van der Waals surface area contributed by atoms with Gasteiger partial charge in [-0.1, -0.05) is 17.7 Å². The van der Waals surface area contributed by atoms with Crippen molar-refractivity contribution in [3.63, 3.8) is 0 Å². The number of ether oxygens (including phenoxy) is 1. The maximum Gasteiger partial charge on any atom is 0.230 e. The minimum Gasteiger partial charge on any atom is -0.486 e. The fraction of sp³-hybridized carbons (Fsp3) is 0.261. The van der Waals surface area contributed by atoms with Crippen molar-refractivity contribution in [2.45, 2.75) is 38.8 Å². The van der Waals surface area contributed by atoms with Gasteiger partial charge in [0, 0.05) is 16.6 Å². The molecule has 4 aromatic rings. The minimum absolute atomic E-state index is 0.114. The van der Waals surface area contributed by atoms with Gasteiger partial charge in [0.05, 0.1) is 18.2 Å². The summed E-state index contributed by atoms with van der Waals surface area (Å²) in [5.74, 6) is 1.45. The summed E-state index contributed by atoms with van der Waals surface area (Å²) in [4.78, 5) is 17.0. The zero-order valence-electron chi connectivity index (χ0n) is 17.6. The lowest BCUT2D eigenvalue weighted by Crippen LogP contribution is -2.14. The first-order valence-corrected chi connectivity index (χ1v) is 11.3. The Morgan fingerprint density at radius 2 is 1.94 bits per heavy atom. The molecule has 9 heteroatoms. The highest BCUT2D eigenvalue weighted by Gasteiger charge is 2.28. The number of aryl methyl sites for hydroxylation is 1. The van der Waals surface area contributed by atoms with Gasteiger partial charge in [0.2, 0.25) is 5.91 Å². The van der Waals surface area contributed by atoms with E-state index in [-0.39, 0.29) is 12.3 Å². The molecule has 32 heavy (non-hydrogen) atoms. The standard InChI is InChI=1S/C23H22N6O2S/c1-15-2-10-20(11-3-15)31-13-22-25-18(14-32-22)12-21(30)24-17-6-4-16(5-7-17)23-26-27-28-29(23)19-8-9-19/h2-7,10-11,14,19H,8-9,12-13H2,1H3,(H,24,30). The first kappa shape index (κ1) is 20.3. The Kier molecular flexibility index (Phi) is 5.64. The quantitative estimate of drug-likeness (QED) is 0.436. The van der Waals surface area contributed by atoms with Gasteiger partial charge in [-0.05, 0) is 66.6 Å². The van der Waals surface area contributed by atoms with Gasteiger partial charge >= 0.3 is 0 Å². The molecule has 162 valence electrons. The molecule has 2 aromatic heterocycles. The molecular weight excluding hydrogens is 424 g/mol. The highest BCUT2D eigenvalue weighted by atomic mass is 32.1.